The van der Waals surface area contributed by atoms with E-state index in [0.29, 0.717) is 79.3 Å². The molecule has 2 rings (SSSR count). The maximum atomic E-state index is 6.24. The van der Waals surface area contributed by atoms with Crippen molar-refractivity contribution < 1.29 is 47.4 Å². The summed E-state index contributed by atoms with van der Waals surface area (Å²) >= 11 is 0. The number of hydrogen-bond donors (Lipinski definition) is 0. The highest BCUT2D eigenvalue weighted by Gasteiger charge is 2.18. The first-order valence-corrected chi connectivity index (χ1v) is 16.5. The molecule has 0 radical (unpaired) electrons. The molecule has 0 saturated heterocycles. The predicted octanol–water partition coefficient (Wildman–Crippen LogP) is 6.36. The van der Waals surface area contributed by atoms with Crippen molar-refractivity contribution >= 4 is 0 Å². The van der Waals surface area contributed by atoms with E-state index in [2.05, 4.69) is 38.1 Å². The summed E-state index contributed by atoms with van der Waals surface area (Å²) in [5.41, 5.74) is 5.69. The molecule has 0 aliphatic heterocycles. The van der Waals surface area contributed by atoms with Gasteiger partial charge in [0.25, 0.3) is 0 Å². The van der Waals surface area contributed by atoms with E-state index < -0.39 is 0 Å². The highest BCUT2D eigenvalue weighted by Crippen LogP contribution is 2.36. The monoisotopic (exact) mass is 650 g/mol. The minimum absolute atomic E-state index is 0.382. The van der Waals surface area contributed by atoms with E-state index in [4.69, 9.17) is 47.4 Å². The second-order valence-electron chi connectivity index (χ2n) is 10.8. The number of benzene rings is 2. The molecule has 0 amide bonds. The number of methoxy groups -OCH3 is 4. The fraction of sp³-hybridized carbons (Fsp3) is 0.667. The molecule has 2 aromatic carbocycles. The highest BCUT2D eigenvalue weighted by atomic mass is 16.6. The molecular formula is C36H58O10. The number of hydrogen-bond acceptors (Lipinski definition) is 10. The number of unbranched alkanes of at least 4 members (excludes halogenated alkanes) is 2. The van der Waals surface area contributed by atoms with Crippen LogP contribution in [-0.2, 0) is 64.3 Å². The SMILES string of the molecule is CCCCOCCOCCOc1c(COC)cc(-c2cc(COC)c(OCCOCCOCCCC)c(COC)c2)cc1COC. The van der Waals surface area contributed by atoms with Crippen LogP contribution in [0.4, 0.5) is 0 Å². The second kappa shape index (κ2) is 25.8. The van der Waals surface area contributed by atoms with Crippen LogP contribution in [-0.4, -0.2) is 94.5 Å². The Morgan fingerprint density at radius 2 is 0.674 bits per heavy atom. The first-order chi connectivity index (χ1) is 22.6. The average Bonchev–Trinajstić information content (AvgIpc) is 3.05. The standard InChI is InChI=1S/C36H58O10/c1-7-9-11-41-13-15-43-17-19-45-35-31(25-37-3)21-29(22-32(35)26-38-4)30-23-33(27-39-5)36(34(24-30)28-40-6)46-20-18-44-16-14-42-12-10-8-2/h21-24H,7-20,25-28H2,1-6H3. The summed E-state index contributed by atoms with van der Waals surface area (Å²) in [5, 5.41) is 0. The zero-order chi connectivity index (χ0) is 33.2. The number of rotatable bonds is 29. The van der Waals surface area contributed by atoms with Crippen molar-refractivity contribution in [1.82, 2.24) is 0 Å². The summed E-state index contributed by atoms with van der Waals surface area (Å²) in [6.07, 6.45) is 4.37. The Morgan fingerprint density at radius 3 is 0.957 bits per heavy atom. The minimum Gasteiger partial charge on any atom is -0.490 e. The third kappa shape index (κ3) is 15.1. The summed E-state index contributed by atoms with van der Waals surface area (Å²) in [7, 11) is 6.71. The summed E-state index contributed by atoms with van der Waals surface area (Å²) in [6, 6.07) is 8.39. The predicted molar refractivity (Wildman–Crippen MR) is 179 cm³/mol. The molecule has 262 valence electrons. The van der Waals surface area contributed by atoms with Crippen molar-refractivity contribution in [2.45, 2.75) is 66.0 Å². The lowest BCUT2D eigenvalue weighted by atomic mass is 9.95. The van der Waals surface area contributed by atoms with E-state index in [-0.39, 0.29) is 0 Å². The molecule has 46 heavy (non-hydrogen) atoms. The van der Waals surface area contributed by atoms with Crippen molar-refractivity contribution in [1.29, 1.82) is 0 Å². The molecule has 0 fully saturated rings. The van der Waals surface area contributed by atoms with Gasteiger partial charge in [0.2, 0.25) is 0 Å². The van der Waals surface area contributed by atoms with Gasteiger partial charge in [-0.05, 0) is 48.2 Å². The van der Waals surface area contributed by atoms with Gasteiger partial charge < -0.3 is 47.4 Å². The van der Waals surface area contributed by atoms with E-state index in [1.54, 1.807) is 28.4 Å². The van der Waals surface area contributed by atoms with Crippen molar-refractivity contribution in [3.05, 3.63) is 46.5 Å². The Morgan fingerprint density at radius 1 is 0.391 bits per heavy atom. The van der Waals surface area contributed by atoms with Crippen LogP contribution in [0.25, 0.3) is 11.1 Å². The molecule has 0 atom stereocenters. The Kier molecular flexibility index (Phi) is 22.3. The zero-order valence-corrected chi connectivity index (χ0v) is 29.1. The van der Waals surface area contributed by atoms with Gasteiger partial charge in [-0.15, -0.1) is 0 Å². The zero-order valence-electron chi connectivity index (χ0n) is 29.1. The molecule has 0 spiro atoms. The van der Waals surface area contributed by atoms with Gasteiger partial charge in [-0.2, -0.15) is 0 Å². The lowest BCUT2D eigenvalue weighted by Gasteiger charge is -2.20. The normalized spacial score (nSPS) is 11.3. The smallest absolute Gasteiger partial charge is 0.130 e. The summed E-state index contributed by atoms with van der Waals surface area (Å²) < 4.78 is 57.4. The van der Waals surface area contributed by atoms with Crippen LogP contribution in [0.1, 0.15) is 61.8 Å². The maximum absolute atomic E-state index is 6.24. The quantitative estimate of drug-likeness (QED) is 0.0926. The Balaban J connectivity index is 2.21. The average molecular weight is 651 g/mol. The Hall–Kier alpha value is -2.28. The molecule has 2 aromatic rings. The highest BCUT2D eigenvalue weighted by molar-refractivity contribution is 5.70. The third-order valence-electron chi connectivity index (χ3n) is 6.99. The molecule has 0 bridgehead atoms. The van der Waals surface area contributed by atoms with Gasteiger partial charge in [-0.3, -0.25) is 0 Å². The van der Waals surface area contributed by atoms with Crippen molar-refractivity contribution in [3.8, 4) is 22.6 Å². The largest absolute Gasteiger partial charge is 0.490 e. The molecular weight excluding hydrogens is 592 g/mol. The molecule has 0 unspecified atom stereocenters. The van der Waals surface area contributed by atoms with Crippen LogP contribution in [0.2, 0.25) is 0 Å². The minimum atomic E-state index is 0.382. The molecule has 0 heterocycles. The molecule has 0 aliphatic rings. The second-order valence-corrected chi connectivity index (χ2v) is 10.8. The van der Waals surface area contributed by atoms with Crippen LogP contribution < -0.4 is 9.47 Å². The van der Waals surface area contributed by atoms with Crippen LogP contribution in [0.3, 0.4) is 0 Å². The summed E-state index contributed by atoms with van der Waals surface area (Å²) in [5.74, 6) is 1.50. The van der Waals surface area contributed by atoms with Gasteiger partial charge in [0.15, 0.2) is 0 Å². The Bertz CT molecular complexity index is 924. The molecule has 0 aromatic heterocycles. The van der Waals surface area contributed by atoms with E-state index in [0.717, 1.165) is 83.8 Å². The topological polar surface area (TPSA) is 92.3 Å². The van der Waals surface area contributed by atoms with E-state index in [1.807, 2.05) is 0 Å². The summed E-state index contributed by atoms with van der Waals surface area (Å²) in [4.78, 5) is 0. The summed E-state index contributed by atoms with van der Waals surface area (Å²) in [6.45, 7) is 11.3. The lowest BCUT2D eigenvalue weighted by molar-refractivity contribution is 0.0349. The van der Waals surface area contributed by atoms with Crippen LogP contribution in [0.15, 0.2) is 24.3 Å². The van der Waals surface area contributed by atoms with Gasteiger partial charge in [-0.25, -0.2) is 0 Å². The maximum Gasteiger partial charge on any atom is 0.130 e. The van der Waals surface area contributed by atoms with Crippen LogP contribution in [0.5, 0.6) is 11.5 Å². The first kappa shape index (κ1) is 39.9. The lowest BCUT2D eigenvalue weighted by Crippen LogP contribution is -2.13. The van der Waals surface area contributed by atoms with Crippen LogP contribution in [0, 0.1) is 0 Å². The van der Waals surface area contributed by atoms with Crippen molar-refractivity contribution in [3.63, 3.8) is 0 Å². The fourth-order valence-electron chi connectivity index (χ4n) is 4.81. The molecule has 0 aliphatic carbocycles. The van der Waals surface area contributed by atoms with E-state index >= 15 is 0 Å². The van der Waals surface area contributed by atoms with E-state index in [1.165, 1.54) is 0 Å². The molecule has 10 nitrogen and oxygen atoms in total. The van der Waals surface area contributed by atoms with Crippen LogP contribution >= 0.6 is 0 Å². The fourth-order valence-corrected chi connectivity index (χ4v) is 4.81. The molecule has 0 saturated carbocycles. The third-order valence-corrected chi connectivity index (χ3v) is 6.99. The Labute approximate surface area is 276 Å². The molecule has 0 N–H and O–H groups in total. The van der Waals surface area contributed by atoms with Gasteiger partial charge in [0, 0.05) is 63.9 Å². The number of ether oxygens (including phenoxy) is 10. The van der Waals surface area contributed by atoms with E-state index in [9.17, 15) is 0 Å². The van der Waals surface area contributed by atoms with Gasteiger partial charge in [0.05, 0.1) is 66.1 Å². The van der Waals surface area contributed by atoms with Crippen molar-refractivity contribution in [2.75, 3.05) is 94.5 Å². The van der Waals surface area contributed by atoms with Gasteiger partial charge in [-0.1, -0.05) is 26.7 Å². The molecule has 10 heteroatoms. The van der Waals surface area contributed by atoms with Gasteiger partial charge >= 0.3 is 0 Å². The van der Waals surface area contributed by atoms with Crippen molar-refractivity contribution in [2.24, 2.45) is 0 Å². The first-order valence-electron chi connectivity index (χ1n) is 16.5. The van der Waals surface area contributed by atoms with Gasteiger partial charge in [0.1, 0.15) is 24.7 Å².